The largest absolute Gasteiger partial charge is 0.508 e. The van der Waals surface area contributed by atoms with Gasteiger partial charge in [-0.25, -0.2) is 4.79 Å². The molecule has 1 aromatic carbocycles. The zero-order valence-electron chi connectivity index (χ0n) is 14.5. The average Bonchev–Trinajstić information content (AvgIpc) is 2.55. The van der Waals surface area contributed by atoms with Crippen molar-refractivity contribution in [2.75, 3.05) is 0 Å². The number of carbonyl (C=O) groups is 2. The summed E-state index contributed by atoms with van der Waals surface area (Å²) in [6.07, 6.45) is 8.44. The summed E-state index contributed by atoms with van der Waals surface area (Å²) in [5, 5.41) is 21.1. The highest BCUT2D eigenvalue weighted by Gasteiger charge is 2.20. The van der Waals surface area contributed by atoms with Crippen LogP contribution in [0.1, 0.15) is 63.9 Å². The highest BCUT2D eigenvalue weighted by molar-refractivity contribution is 5.83. The molecule has 3 N–H and O–H groups in total. The Bertz CT molecular complexity index is 499. The monoisotopic (exact) mass is 335 g/mol. The molecule has 0 aliphatic heterocycles. The Morgan fingerprint density at radius 1 is 1.00 bits per heavy atom. The first-order chi connectivity index (χ1) is 11.5. The Balaban J connectivity index is 2.30. The van der Waals surface area contributed by atoms with Gasteiger partial charge in [0, 0.05) is 12.8 Å². The number of hydrogen-bond donors (Lipinski definition) is 3. The third-order valence-electron chi connectivity index (χ3n) is 4.02. The van der Waals surface area contributed by atoms with Gasteiger partial charge in [-0.05, 0) is 24.1 Å². The number of phenolic OH excluding ortho intramolecular Hbond substituents is 1. The lowest BCUT2D eigenvalue weighted by Crippen LogP contribution is -2.42. The Kier molecular flexibility index (Phi) is 9.58. The van der Waals surface area contributed by atoms with E-state index >= 15 is 0 Å². The molecule has 0 aliphatic rings. The molecule has 0 aromatic heterocycles. The van der Waals surface area contributed by atoms with E-state index in [9.17, 15) is 19.8 Å². The molecule has 1 unspecified atom stereocenters. The summed E-state index contributed by atoms with van der Waals surface area (Å²) in [5.41, 5.74) is 0.761. The molecule has 134 valence electrons. The summed E-state index contributed by atoms with van der Waals surface area (Å²) in [4.78, 5) is 23.2. The number of carbonyl (C=O) groups excluding carboxylic acids is 1. The van der Waals surface area contributed by atoms with Gasteiger partial charge in [0.25, 0.3) is 0 Å². The number of amides is 1. The lowest BCUT2D eigenvalue weighted by Gasteiger charge is -2.14. The number of rotatable bonds is 12. The second-order valence-corrected chi connectivity index (χ2v) is 6.20. The maximum absolute atomic E-state index is 11.9. The van der Waals surface area contributed by atoms with Crippen molar-refractivity contribution in [2.45, 2.75) is 70.8 Å². The fraction of sp³-hybridized carbons (Fsp3) is 0.579. The molecule has 24 heavy (non-hydrogen) atoms. The summed E-state index contributed by atoms with van der Waals surface area (Å²) in [6.45, 7) is 2.18. The molecule has 1 aromatic rings. The fourth-order valence-electron chi connectivity index (χ4n) is 2.58. The van der Waals surface area contributed by atoms with Crippen LogP contribution in [-0.4, -0.2) is 28.1 Å². The molecular weight excluding hydrogens is 306 g/mol. The van der Waals surface area contributed by atoms with Crippen molar-refractivity contribution >= 4 is 11.9 Å². The number of carboxylic acid groups (broad SMARTS) is 1. The second kappa shape index (κ2) is 11.5. The van der Waals surface area contributed by atoms with Crippen LogP contribution >= 0.6 is 0 Å². The van der Waals surface area contributed by atoms with E-state index in [0.29, 0.717) is 6.42 Å². The van der Waals surface area contributed by atoms with Gasteiger partial charge in [-0.15, -0.1) is 0 Å². The van der Waals surface area contributed by atoms with Crippen LogP contribution in [0.2, 0.25) is 0 Å². The molecule has 1 atom stereocenters. The molecule has 0 aliphatic carbocycles. The quantitative estimate of drug-likeness (QED) is 0.509. The van der Waals surface area contributed by atoms with Crippen molar-refractivity contribution in [2.24, 2.45) is 0 Å². The van der Waals surface area contributed by atoms with Gasteiger partial charge in [0.15, 0.2) is 0 Å². The van der Waals surface area contributed by atoms with Crippen molar-refractivity contribution < 1.29 is 19.8 Å². The summed E-state index contributed by atoms with van der Waals surface area (Å²) in [5.74, 6) is -1.13. The molecule has 1 rings (SSSR count). The molecule has 0 saturated carbocycles. The van der Waals surface area contributed by atoms with Gasteiger partial charge >= 0.3 is 5.97 Å². The van der Waals surface area contributed by atoms with E-state index in [1.54, 1.807) is 12.1 Å². The van der Waals surface area contributed by atoms with E-state index in [-0.39, 0.29) is 18.1 Å². The Morgan fingerprint density at radius 2 is 1.58 bits per heavy atom. The lowest BCUT2D eigenvalue weighted by atomic mass is 10.0. The molecule has 5 heteroatoms. The number of aliphatic carboxylic acids is 1. The molecule has 0 bridgehead atoms. The van der Waals surface area contributed by atoms with Crippen LogP contribution in [0.4, 0.5) is 0 Å². The standard InChI is InChI=1S/C19H29NO4/c1-2-3-4-5-6-7-8-9-18(22)20-17(19(23)24)14-15-10-12-16(21)13-11-15/h10-13,17,21H,2-9,14H2,1H3,(H,20,22)(H,23,24). The minimum Gasteiger partial charge on any atom is -0.508 e. The SMILES string of the molecule is CCCCCCCCCC(=O)NC(Cc1ccc(O)cc1)C(=O)O. The predicted octanol–water partition coefficient (Wildman–Crippen LogP) is 3.64. The van der Waals surface area contributed by atoms with Crippen LogP contribution in [-0.2, 0) is 16.0 Å². The summed E-state index contributed by atoms with van der Waals surface area (Å²) >= 11 is 0. The van der Waals surface area contributed by atoms with E-state index in [1.807, 2.05) is 0 Å². The maximum Gasteiger partial charge on any atom is 0.326 e. The zero-order chi connectivity index (χ0) is 17.8. The van der Waals surface area contributed by atoms with E-state index < -0.39 is 12.0 Å². The Hall–Kier alpha value is -2.04. The zero-order valence-corrected chi connectivity index (χ0v) is 14.5. The van der Waals surface area contributed by atoms with Gasteiger partial charge < -0.3 is 15.5 Å². The van der Waals surface area contributed by atoms with Crippen molar-refractivity contribution in [1.82, 2.24) is 5.32 Å². The third kappa shape index (κ3) is 8.56. The van der Waals surface area contributed by atoms with Gasteiger partial charge in [0.05, 0.1) is 0 Å². The number of aromatic hydroxyl groups is 1. The highest BCUT2D eigenvalue weighted by atomic mass is 16.4. The third-order valence-corrected chi connectivity index (χ3v) is 4.02. The first-order valence-corrected chi connectivity index (χ1v) is 8.83. The summed E-state index contributed by atoms with van der Waals surface area (Å²) in [6, 6.07) is 5.40. The minimum absolute atomic E-state index is 0.133. The average molecular weight is 335 g/mol. The van der Waals surface area contributed by atoms with Gasteiger partial charge in [0.2, 0.25) is 5.91 Å². The molecule has 0 saturated heterocycles. The highest BCUT2D eigenvalue weighted by Crippen LogP contribution is 2.12. The van der Waals surface area contributed by atoms with Crippen LogP contribution in [0.3, 0.4) is 0 Å². The minimum atomic E-state index is -1.05. The molecule has 0 heterocycles. The number of unbranched alkanes of at least 4 members (excludes halogenated alkanes) is 6. The smallest absolute Gasteiger partial charge is 0.326 e. The van der Waals surface area contributed by atoms with E-state index in [0.717, 1.165) is 24.8 Å². The number of nitrogens with one attached hydrogen (secondary N) is 1. The van der Waals surface area contributed by atoms with Crippen LogP contribution in [0.25, 0.3) is 0 Å². The number of phenols is 1. The van der Waals surface area contributed by atoms with Crippen LogP contribution in [0.15, 0.2) is 24.3 Å². The molecular formula is C19H29NO4. The summed E-state index contributed by atoms with van der Waals surface area (Å²) < 4.78 is 0. The molecule has 1 amide bonds. The lowest BCUT2D eigenvalue weighted by molar-refractivity contribution is -0.141. The molecule has 0 spiro atoms. The van der Waals surface area contributed by atoms with E-state index in [2.05, 4.69) is 12.2 Å². The second-order valence-electron chi connectivity index (χ2n) is 6.20. The van der Waals surface area contributed by atoms with Crippen LogP contribution in [0.5, 0.6) is 5.75 Å². The normalized spacial score (nSPS) is 11.9. The van der Waals surface area contributed by atoms with Crippen molar-refractivity contribution in [3.05, 3.63) is 29.8 Å². The van der Waals surface area contributed by atoms with Crippen LogP contribution < -0.4 is 5.32 Å². The van der Waals surface area contributed by atoms with E-state index in [1.165, 1.54) is 37.8 Å². The van der Waals surface area contributed by atoms with Gasteiger partial charge in [0.1, 0.15) is 11.8 Å². The first-order valence-electron chi connectivity index (χ1n) is 8.83. The Labute approximate surface area is 144 Å². The van der Waals surface area contributed by atoms with Gasteiger partial charge in [-0.3, -0.25) is 4.79 Å². The topological polar surface area (TPSA) is 86.6 Å². The molecule has 0 radical (unpaired) electrons. The molecule has 5 nitrogen and oxygen atoms in total. The van der Waals surface area contributed by atoms with Crippen LogP contribution in [0, 0.1) is 0 Å². The van der Waals surface area contributed by atoms with Gasteiger partial charge in [-0.1, -0.05) is 57.6 Å². The van der Waals surface area contributed by atoms with Gasteiger partial charge in [-0.2, -0.15) is 0 Å². The fourth-order valence-corrected chi connectivity index (χ4v) is 2.58. The summed E-state index contributed by atoms with van der Waals surface area (Å²) in [7, 11) is 0. The van der Waals surface area contributed by atoms with Crippen molar-refractivity contribution in [3.8, 4) is 5.75 Å². The van der Waals surface area contributed by atoms with E-state index in [4.69, 9.17) is 0 Å². The van der Waals surface area contributed by atoms with Crippen molar-refractivity contribution in [3.63, 3.8) is 0 Å². The first kappa shape index (κ1) is 20.0. The Morgan fingerprint density at radius 3 is 2.17 bits per heavy atom. The predicted molar refractivity (Wildman–Crippen MR) is 94.0 cm³/mol. The number of benzene rings is 1. The van der Waals surface area contributed by atoms with Crippen molar-refractivity contribution in [1.29, 1.82) is 0 Å². The number of carboxylic acids is 1. The number of hydrogen-bond acceptors (Lipinski definition) is 3. The molecule has 0 fully saturated rings. The maximum atomic E-state index is 11.9.